The lowest BCUT2D eigenvalue weighted by Gasteiger charge is -2.29. The summed E-state index contributed by atoms with van der Waals surface area (Å²) in [5.74, 6) is -1.26. The van der Waals surface area contributed by atoms with Crippen LogP contribution in [0.3, 0.4) is 0 Å². The highest BCUT2D eigenvalue weighted by molar-refractivity contribution is 6.09. The molecule has 1 saturated heterocycles. The number of ether oxygens (including phenoxy) is 2. The molecule has 224 valence electrons. The molecule has 2 aliphatic rings. The highest BCUT2D eigenvalue weighted by atomic mass is 16.5. The van der Waals surface area contributed by atoms with Gasteiger partial charge in [0.05, 0.1) is 31.0 Å². The van der Waals surface area contributed by atoms with Crippen molar-refractivity contribution in [3.8, 4) is 11.5 Å². The molecule has 2 aromatic carbocycles. The van der Waals surface area contributed by atoms with E-state index in [0.717, 1.165) is 5.56 Å². The van der Waals surface area contributed by atoms with E-state index in [4.69, 9.17) is 14.9 Å². The van der Waals surface area contributed by atoms with E-state index in [1.807, 2.05) is 27.7 Å². The van der Waals surface area contributed by atoms with Gasteiger partial charge < -0.3 is 24.8 Å². The number of anilines is 1. The quantitative estimate of drug-likeness (QED) is 0.302. The number of amidine groups is 1. The number of benzene rings is 2. The Morgan fingerprint density at radius 2 is 1.83 bits per heavy atom. The van der Waals surface area contributed by atoms with Crippen LogP contribution in [0, 0.1) is 5.41 Å². The highest BCUT2D eigenvalue weighted by Crippen LogP contribution is 2.42. The minimum atomic E-state index is -0.906. The molecule has 0 aliphatic carbocycles. The number of phenolic OH excluding ortho intramolecular Hbond substituents is 1. The Morgan fingerprint density at radius 1 is 1.12 bits per heavy atom. The number of amides is 2. The summed E-state index contributed by atoms with van der Waals surface area (Å²) >= 11 is 0. The maximum atomic E-state index is 13.7. The van der Waals surface area contributed by atoms with Crippen molar-refractivity contribution in [2.45, 2.75) is 65.5 Å². The van der Waals surface area contributed by atoms with Crippen molar-refractivity contribution >= 4 is 35.1 Å². The highest BCUT2D eigenvalue weighted by Gasteiger charge is 2.41. The lowest BCUT2D eigenvalue weighted by molar-refractivity contribution is -0.144. The average molecular weight is 579 g/mol. The van der Waals surface area contributed by atoms with Gasteiger partial charge in [0.2, 0.25) is 5.91 Å². The Kier molecular flexibility index (Phi) is 8.60. The van der Waals surface area contributed by atoms with E-state index in [-0.39, 0.29) is 73.0 Å². The van der Waals surface area contributed by atoms with Crippen molar-refractivity contribution in [1.29, 1.82) is 5.41 Å². The predicted octanol–water partition coefficient (Wildman–Crippen LogP) is 3.53. The van der Waals surface area contributed by atoms with Crippen molar-refractivity contribution < 1.29 is 33.8 Å². The summed E-state index contributed by atoms with van der Waals surface area (Å²) in [7, 11) is 1.52. The summed E-state index contributed by atoms with van der Waals surface area (Å²) in [6.45, 7) is 9.74. The molecule has 11 nitrogen and oxygen atoms in total. The van der Waals surface area contributed by atoms with Crippen LogP contribution in [-0.4, -0.2) is 72.3 Å². The van der Waals surface area contributed by atoms with E-state index in [2.05, 4.69) is 5.32 Å². The number of nitrogens with one attached hydrogen (secondary N) is 2. The standard InChI is InChI=1S/C31H38N4O7/c1-7-41-25-13-18-15-34(28(32)19(18)14-20(25)29(39)33-6)16-24(36)17-11-21(31(3,4)5)27(38)23(12-17)35-22(9-10-26(35)37)30(40)42-8-2/h11-14,22,32,38H,7-10,15-16H2,1-6H3,(H,33,39). The molecule has 42 heavy (non-hydrogen) atoms. The molecule has 2 amide bonds. The number of rotatable bonds is 9. The molecule has 2 heterocycles. The van der Waals surface area contributed by atoms with Crippen LogP contribution < -0.4 is 15.0 Å². The fourth-order valence-corrected chi connectivity index (χ4v) is 5.40. The molecule has 4 rings (SSSR count). The number of hydrogen-bond acceptors (Lipinski definition) is 8. The van der Waals surface area contributed by atoms with Gasteiger partial charge in [-0.2, -0.15) is 0 Å². The van der Waals surface area contributed by atoms with Crippen LogP contribution in [0.5, 0.6) is 11.5 Å². The van der Waals surface area contributed by atoms with Gasteiger partial charge in [-0.3, -0.25) is 24.7 Å². The number of carbonyl (C=O) groups excluding carboxylic acids is 4. The fourth-order valence-electron chi connectivity index (χ4n) is 5.40. The Bertz CT molecular complexity index is 1460. The second-order valence-corrected chi connectivity index (χ2v) is 11.4. The van der Waals surface area contributed by atoms with E-state index < -0.39 is 17.4 Å². The molecule has 0 aromatic heterocycles. The number of aromatic hydroxyl groups is 1. The monoisotopic (exact) mass is 578 g/mol. The smallest absolute Gasteiger partial charge is 0.329 e. The molecule has 0 radical (unpaired) electrons. The molecule has 0 bridgehead atoms. The first-order valence-electron chi connectivity index (χ1n) is 14.1. The third-order valence-electron chi connectivity index (χ3n) is 7.49. The van der Waals surface area contributed by atoms with Crippen LogP contribution in [-0.2, 0) is 26.3 Å². The molecule has 1 fully saturated rings. The summed E-state index contributed by atoms with van der Waals surface area (Å²) in [6, 6.07) is 5.47. The zero-order chi connectivity index (χ0) is 30.9. The summed E-state index contributed by atoms with van der Waals surface area (Å²) in [6.07, 6.45) is 0.349. The molecule has 2 aliphatic heterocycles. The van der Waals surface area contributed by atoms with Crippen molar-refractivity contribution in [3.05, 3.63) is 52.1 Å². The molecular weight excluding hydrogens is 540 g/mol. The van der Waals surface area contributed by atoms with E-state index in [1.165, 1.54) is 18.0 Å². The minimum absolute atomic E-state index is 0.0858. The van der Waals surface area contributed by atoms with Crippen molar-refractivity contribution in [2.75, 3.05) is 31.7 Å². The van der Waals surface area contributed by atoms with E-state index in [0.29, 0.717) is 29.0 Å². The normalized spacial score (nSPS) is 16.5. The lowest BCUT2D eigenvalue weighted by Crippen LogP contribution is -2.40. The summed E-state index contributed by atoms with van der Waals surface area (Å²) in [4.78, 5) is 54.7. The number of nitrogens with zero attached hydrogens (tertiary/aromatic N) is 2. The molecule has 1 atom stereocenters. The summed E-state index contributed by atoms with van der Waals surface area (Å²) in [5.41, 5.74) is 1.77. The van der Waals surface area contributed by atoms with Gasteiger partial charge in [-0.1, -0.05) is 20.8 Å². The Balaban J connectivity index is 1.69. The first kappa shape index (κ1) is 30.5. The van der Waals surface area contributed by atoms with Crippen molar-refractivity contribution in [2.24, 2.45) is 0 Å². The number of hydrogen-bond donors (Lipinski definition) is 3. The number of ketones is 1. The van der Waals surface area contributed by atoms with Gasteiger partial charge in [0.25, 0.3) is 5.91 Å². The van der Waals surface area contributed by atoms with Crippen molar-refractivity contribution in [1.82, 2.24) is 10.2 Å². The van der Waals surface area contributed by atoms with Crippen LogP contribution in [0.1, 0.15) is 84.9 Å². The van der Waals surface area contributed by atoms with Crippen LogP contribution in [0.15, 0.2) is 24.3 Å². The first-order valence-corrected chi connectivity index (χ1v) is 14.1. The number of phenols is 1. The third kappa shape index (κ3) is 5.68. The molecule has 3 N–H and O–H groups in total. The van der Waals surface area contributed by atoms with Gasteiger partial charge in [0.1, 0.15) is 23.4 Å². The first-order chi connectivity index (χ1) is 19.8. The van der Waals surface area contributed by atoms with Crippen LogP contribution in [0.25, 0.3) is 0 Å². The van der Waals surface area contributed by atoms with Gasteiger partial charge in [0, 0.05) is 36.7 Å². The third-order valence-corrected chi connectivity index (χ3v) is 7.49. The van der Waals surface area contributed by atoms with Crippen molar-refractivity contribution in [3.63, 3.8) is 0 Å². The second kappa shape index (κ2) is 11.8. The van der Waals surface area contributed by atoms with Crippen LogP contribution in [0.2, 0.25) is 0 Å². The maximum Gasteiger partial charge on any atom is 0.329 e. The average Bonchev–Trinajstić information content (AvgIpc) is 3.46. The summed E-state index contributed by atoms with van der Waals surface area (Å²) < 4.78 is 10.8. The number of esters is 1. The molecule has 0 spiro atoms. The zero-order valence-electron chi connectivity index (χ0n) is 24.9. The molecule has 2 aromatic rings. The van der Waals surface area contributed by atoms with E-state index in [9.17, 15) is 24.3 Å². The largest absolute Gasteiger partial charge is 0.505 e. The van der Waals surface area contributed by atoms with Gasteiger partial charge in [-0.15, -0.1) is 0 Å². The predicted molar refractivity (Wildman–Crippen MR) is 157 cm³/mol. The van der Waals surface area contributed by atoms with Crippen LogP contribution >= 0.6 is 0 Å². The Morgan fingerprint density at radius 3 is 2.45 bits per heavy atom. The van der Waals surface area contributed by atoms with E-state index >= 15 is 0 Å². The zero-order valence-corrected chi connectivity index (χ0v) is 24.9. The Labute approximate surface area is 245 Å². The van der Waals surface area contributed by atoms with Gasteiger partial charge in [-0.25, -0.2) is 4.79 Å². The Hall–Kier alpha value is -4.41. The number of carbonyl (C=O) groups is 4. The maximum absolute atomic E-state index is 13.7. The van der Waals surface area contributed by atoms with E-state index in [1.54, 1.807) is 30.0 Å². The molecule has 11 heteroatoms. The molecule has 1 unspecified atom stereocenters. The number of Topliss-reactive ketones (excluding diaryl/α,β-unsaturated/α-hetero) is 1. The minimum Gasteiger partial charge on any atom is -0.505 e. The summed E-state index contributed by atoms with van der Waals surface area (Å²) in [5, 5.41) is 22.6. The SMILES string of the molecule is CCOC(=O)C1CCC(=O)N1c1cc(C(=O)CN2Cc3cc(OCC)c(C(=O)NC)cc3C2=N)cc(C(C)(C)C)c1O. The topological polar surface area (TPSA) is 149 Å². The number of fused-ring (bicyclic) bond motifs is 1. The fraction of sp³-hybridized carbons (Fsp3) is 0.452. The lowest BCUT2D eigenvalue weighted by atomic mass is 9.84. The molecule has 0 saturated carbocycles. The molecular formula is C31H38N4O7. The second-order valence-electron chi connectivity index (χ2n) is 11.4. The van der Waals surface area contributed by atoms with Crippen LogP contribution in [0.4, 0.5) is 5.69 Å². The van der Waals surface area contributed by atoms with Gasteiger partial charge >= 0.3 is 5.97 Å². The van der Waals surface area contributed by atoms with Gasteiger partial charge in [-0.05, 0) is 55.5 Å². The van der Waals surface area contributed by atoms with Gasteiger partial charge in [0.15, 0.2) is 5.78 Å².